The van der Waals surface area contributed by atoms with Gasteiger partial charge in [-0.2, -0.15) is 0 Å². The van der Waals surface area contributed by atoms with Crippen molar-refractivity contribution in [2.45, 2.75) is 65.3 Å². The Morgan fingerprint density at radius 3 is 2.24 bits per heavy atom. The van der Waals surface area contributed by atoms with Crippen molar-refractivity contribution in [1.29, 1.82) is 0 Å². The average Bonchev–Trinajstić information content (AvgIpc) is 3.13. The Labute approximate surface area is 230 Å². The van der Waals surface area contributed by atoms with Crippen LogP contribution < -0.4 is 15.0 Å². The second-order valence-electron chi connectivity index (χ2n) is 9.06. The number of hydrogen-bond donors (Lipinski definition) is 1. The quantitative estimate of drug-likeness (QED) is 0.191. The van der Waals surface area contributed by atoms with E-state index in [1.807, 2.05) is 11.8 Å². The molecular formula is C29H37N3O5S. The third-order valence-corrected chi connectivity index (χ3v) is 6.70. The lowest BCUT2D eigenvalue weighted by Gasteiger charge is -2.24. The number of benzene rings is 2. The number of carbonyl (C=O) groups is 3. The van der Waals surface area contributed by atoms with Gasteiger partial charge in [0.25, 0.3) is 5.91 Å². The molecule has 1 aliphatic rings. The van der Waals surface area contributed by atoms with Gasteiger partial charge in [-0.15, -0.1) is 0 Å². The Morgan fingerprint density at radius 2 is 1.61 bits per heavy atom. The highest BCUT2D eigenvalue weighted by molar-refractivity contribution is 7.80. The van der Waals surface area contributed by atoms with E-state index in [-0.39, 0.29) is 24.8 Å². The van der Waals surface area contributed by atoms with Gasteiger partial charge in [-0.1, -0.05) is 32.6 Å². The number of esters is 1. The van der Waals surface area contributed by atoms with E-state index in [0.29, 0.717) is 35.2 Å². The highest BCUT2D eigenvalue weighted by Gasteiger charge is 2.43. The van der Waals surface area contributed by atoms with Crippen LogP contribution in [-0.4, -0.2) is 53.6 Å². The van der Waals surface area contributed by atoms with Gasteiger partial charge in [0.05, 0.1) is 30.9 Å². The molecule has 0 radical (unpaired) electrons. The molecule has 3 rings (SSSR count). The van der Waals surface area contributed by atoms with Crippen LogP contribution in [0.1, 0.15) is 69.7 Å². The van der Waals surface area contributed by atoms with Crippen LogP contribution >= 0.6 is 12.2 Å². The number of nitrogens with zero attached hydrogens (tertiary/aromatic N) is 2. The zero-order valence-electron chi connectivity index (χ0n) is 22.4. The summed E-state index contributed by atoms with van der Waals surface area (Å²) in [6.07, 6.45) is 5.30. The fourth-order valence-corrected chi connectivity index (χ4v) is 4.77. The highest BCUT2D eigenvalue weighted by atomic mass is 32.1. The van der Waals surface area contributed by atoms with Crippen molar-refractivity contribution in [3.8, 4) is 5.75 Å². The topological polar surface area (TPSA) is 88.2 Å². The first-order valence-electron chi connectivity index (χ1n) is 13.3. The van der Waals surface area contributed by atoms with E-state index >= 15 is 0 Å². The summed E-state index contributed by atoms with van der Waals surface area (Å²) in [5, 5.41) is 3.25. The second-order valence-corrected chi connectivity index (χ2v) is 9.42. The van der Waals surface area contributed by atoms with E-state index in [1.54, 1.807) is 55.5 Å². The number of thiocarbonyl (C=S) groups is 1. The molecule has 204 valence electrons. The number of anilines is 2. The minimum Gasteiger partial charge on any atom is -0.494 e. The third kappa shape index (κ3) is 7.54. The summed E-state index contributed by atoms with van der Waals surface area (Å²) in [7, 11) is 0. The summed E-state index contributed by atoms with van der Waals surface area (Å²) in [5.74, 6) is -0.229. The van der Waals surface area contributed by atoms with E-state index in [2.05, 4.69) is 12.2 Å². The zero-order valence-corrected chi connectivity index (χ0v) is 23.2. The Morgan fingerprint density at radius 1 is 0.921 bits per heavy atom. The van der Waals surface area contributed by atoms with Gasteiger partial charge in [0.2, 0.25) is 5.91 Å². The number of unbranched alkanes of at least 4 members (excludes halogenated alkanes) is 4. The molecule has 1 fully saturated rings. The van der Waals surface area contributed by atoms with E-state index in [9.17, 15) is 14.4 Å². The van der Waals surface area contributed by atoms with Crippen molar-refractivity contribution in [2.24, 2.45) is 0 Å². The summed E-state index contributed by atoms with van der Waals surface area (Å²) in [4.78, 5) is 41.9. The number of hydrogen-bond acceptors (Lipinski definition) is 6. The van der Waals surface area contributed by atoms with Gasteiger partial charge in [-0.3, -0.25) is 14.5 Å². The molecule has 0 aromatic heterocycles. The lowest BCUT2D eigenvalue weighted by molar-refractivity contribution is -0.124. The first-order valence-corrected chi connectivity index (χ1v) is 13.7. The molecule has 1 aliphatic heterocycles. The molecule has 1 N–H and O–H groups in total. The van der Waals surface area contributed by atoms with Crippen LogP contribution in [0, 0.1) is 0 Å². The van der Waals surface area contributed by atoms with Crippen LogP contribution in [0.3, 0.4) is 0 Å². The molecule has 1 atom stereocenters. The van der Waals surface area contributed by atoms with Crippen LogP contribution in [0.25, 0.3) is 0 Å². The molecule has 0 spiro atoms. The predicted molar refractivity (Wildman–Crippen MR) is 153 cm³/mol. The first-order chi connectivity index (χ1) is 18.4. The Hall–Kier alpha value is -3.46. The number of rotatable bonds is 14. The zero-order chi connectivity index (χ0) is 27.5. The minimum absolute atomic E-state index is 0.0292. The van der Waals surface area contributed by atoms with Crippen molar-refractivity contribution in [3.63, 3.8) is 0 Å². The first kappa shape index (κ1) is 29.1. The van der Waals surface area contributed by atoms with Crippen molar-refractivity contribution < 1.29 is 23.9 Å². The molecule has 8 nitrogen and oxygen atoms in total. The normalized spacial score (nSPS) is 15.1. The van der Waals surface area contributed by atoms with Crippen molar-refractivity contribution >= 4 is 46.5 Å². The summed E-state index contributed by atoms with van der Waals surface area (Å²) >= 11 is 5.74. The van der Waals surface area contributed by atoms with Crippen LogP contribution in [-0.2, 0) is 14.3 Å². The average molecular weight is 540 g/mol. The lowest BCUT2D eigenvalue weighted by Crippen LogP contribution is -2.38. The smallest absolute Gasteiger partial charge is 0.338 e. The maximum atomic E-state index is 13.6. The molecule has 1 unspecified atom stereocenters. The molecule has 0 bridgehead atoms. The summed E-state index contributed by atoms with van der Waals surface area (Å²) in [5.41, 5.74) is 1.58. The van der Waals surface area contributed by atoms with Gasteiger partial charge in [-0.05, 0) is 81.0 Å². The van der Waals surface area contributed by atoms with Crippen molar-refractivity contribution in [2.75, 3.05) is 30.0 Å². The Balaban J connectivity index is 1.75. The van der Waals surface area contributed by atoms with Gasteiger partial charge < -0.3 is 19.7 Å². The molecule has 1 heterocycles. The van der Waals surface area contributed by atoms with Crippen LogP contribution in [0.5, 0.6) is 5.75 Å². The second kappa shape index (κ2) is 14.5. The summed E-state index contributed by atoms with van der Waals surface area (Å²) in [6, 6.07) is 13.0. The molecule has 9 heteroatoms. The van der Waals surface area contributed by atoms with Gasteiger partial charge in [0, 0.05) is 12.2 Å². The number of ether oxygens (including phenoxy) is 2. The third-order valence-electron chi connectivity index (χ3n) is 6.29. The van der Waals surface area contributed by atoms with Crippen molar-refractivity contribution in [1.82, 2.24) is 4.90 Å². The van der Waals surface area contributed by atoms with Gasteiger partial charge in [-0.25, -0.2) is 4.79 Å². The fourth-order valence-electron chi connectivity index (χ4n) is 4.36. The van der Waals surface area contributed by atoms with Gasteiger partial charge in [0.1, 0.15) is 11.8 Å². The van der Waals surface area contributed by atoms with Gasteiger partial charge in [0.15, 0.2) is 5.11 Å². The molecule has 2 aromatic rings. The molecule has 0 aliphatic carbocycles. The standard InChI is InChI=1S/C29H37N3O5S/c1-4-7-8-9-10-19-31-25(20-26(33)30-22-13-17-24(18-14-22)36-5-2)27(34)32(29(31)38)23-15-11-21(12-16-23)28(35)37-6-3/h11-18,25H,4-10,19-20H2,1-3H3,(H,30,33). The van der Waals surface area contributed by atoms with Crippen molar-refractivity contribution in [3.05, 3.63) is 54.1 Å². The number of nitrogens with one attached hydrogen (secondary N) is 1. The minimum atomic E-state index is -0.707. The van der Waals surface area contributed by atoms with Gasteiger partial charge >= 0.3 is 5.97 Å². The van der Waals surface area contributed by atoms with Crippen LogP contribution in [0.15, 0.2) is 48.5 Å². The Bertz CT molecular complexity index is 1100. The molecule has 2 amide bonds. The SMILES string of the molecule is CCCCCCCN1C(=S)N(c2ccc(C(=O)OCC)cc2)C(=O)C1CC(=O)Nc1ccc(OCC)cc1. The Kier molecular flexibility index (Phi) is 11.1. The highest BCUT2D eigenvalue weighted by Crippen LogP contribution is 2.28. The molecule has 38 heavy (non-hydrogen) atoms. The van der Waals surface area contributed by atoms with E-state index in [0.717, 1.165) is 37.9 Å². The fraction of sp³-hybridized carbons (Fsp3) is 0.448. The number of carbonyl (C=O) groups excluding carboxylic acids is 3. The molecule has 0 saturated carbocycles. The van der Waals surface area contributed by atoms with E-state index < -0.39 is 12.0 Å². The summed E-state index contributed by atoms with van der Waals surface area (Å²) < 4.78 is 10.5. The lowest BCUT2D eigenvalue weighted by atomic mass is 10.1. The number of amides is 2. The maximum Gasteiger partial charge on any atom is 0.338 e. The maximum absolute atomic E-state index is 13.6. The molecule has 1 saturated heterocycles. The monoisotopic (exact) mass is 539 g/mol. The molecule has 2 aromatic carbocycles. The van der Waals surface area contributed by atoms with Crippen LogP contribution in [0.2, 0.25) is 0 Å². The predicted octanol–water partition coefficient (Wildman–Crippen LogP) is 5.56. The van der Waals surface area contributed by atoms with E-state index in [4.69, 9.17) is 21.7 Å². The largest absolute Gasteiger partial charge is 0.494 e. The molecular weight excluding hydrogens is 502 g/mol. The van der Waals surface area contributed by atoms with E-state index in [1.165, 1.54) is 4.90 Å². The summed E-state index contributed by atoms with van der Waals surface area (Å²) in [6.45, 7) is 7.25. The van der Waals surface area contributed by atoms with Crippen LogP contribution in [0.4, 0.5) is 11.4 Å².